The molecule has 5 amide bonds. The van der Waals surface area contributed by atoms with E-state index in [4.69, 9.17) is 20.2 Å². The minimum atomic E-state index is -0.932. The van der Waals surface area contributed by atoms with Crippen LogP contribution in [0.15, 0.2) is 179 Å². The molecule has 18 rings (SSSR count). The Morgan fingerprint density at radius 1 is 0.421 bits per heavy atom. The van der Waals surface area contributed by atoms with Crippen molar-refractivity contribution in [3.05, 3.63) is 259 Å². The molecule has 140 heavy (non-hydrogen) atoms. The second kappa shape index (κ2) is 41.1. The number of nitrogens with two attached hydrogens (primary N) is 1. The summed E-state index contributed by atoms with van der Waals surface area (Å²) in [7, 11) is 3.78. The molecule has 0 saturated carbocycles. The number of fused-ring (bicyclic) bond motifs is 4. The number of carbonyl (C=O) groups excluding carboxylic acids is 5. The van der Waals surface area contributed by atoms with Gasteiger partial charge in [-0.15, -0.1) is 0 Å². The number of anilines is 4. The SMILES string of the molecule is C=CC(=O)N1CCN(c2nc(C#N)nc3c(=O)n(-c4c(O)cccc4F)c(C)cc23)CC1.C=CC(=O)N1CCN(c2nc(C(N)=O)nc3c(=O)n(-c4c(O)cccc4F)c(C)cc23)CC1.C=CC(=O)N1CCN(c2nc(OC3CCN(C)CC3)nc3c(=O)n(-c4c(O)cccc4F)c(C)cc23)CC1.C=CC(=O)N1CCN(c2nc(Oc3cnn(C)c3)nc3c(=O)n(-c4c(O)cccc4F)c(C)cc23)CC1. The van der Waals surface area contributed by atoms with E-state index < -0.39 is 62.9 Å². The number of carbonyl (C=O) groups is 5. The number of amides is 5. The summed E-state index contributed by atoms with van der Waals surface area (Å²) in [6, 6.07) is 23.6. The van der Waals surface area contributed by atoms with E-state index in [1.54, 1.807) is 89.5 Å². The number of piperazine rings is 4. The van der Waals surface area contributed by atoms with Crippen LogP contribution in [0.5, 0.6) is 40.8 Å². The summed E-state index contributed by atoms with van der Waals surface area (Å²) in [4.78, 5) is 165. The standard InChI is InChI=1S/C27H31FN6O4.C25H24FN7O4.C22H21FN6O4.C22H19FN6O3/c1-4-22(36)32-12-14-33(15-13-32)25-19-16-17(2)34(24-20(28)6-5-7-21(24)35)26(37)23(19)29-27(30-25)38-18-8-10-31(3)11-9-18;1-4-20(35)31-8-10-32(11-9-31)23-17-12-15(2)33(22-18(26)6-5-7-19(22)34)24(36)21(17)28-25(29-23)37-16-13-27-30(3)14-16;1-3-16(31)27-7-9-28(10-8-27)21-13-11-12(2)29(18-14(23)5-4-6-15(18)30)22(33)17(13)25-20(26-21)19(24)32;1-3-18(31)27-7-9-28(10-8-27)21-14-11-13(2)29(20-15(23)5-4-6-16(20)30)22(32)19(14)25-17(12-24)26-21/h4-7,16,18,35H,1,8-15H2,2-3H3;4-7,12-14,34H,1,8-11H2,2-3H3;3-6,11,30H,1,7-10H2,2H3,(H2,24,32);3-6,11,30H,1,7-10H2,2H3. The zero-order valence-corrected chi connectivity index (χ0v) is 76.9. The minimum absolute atomic E-state index is 0.0123. The van der Waals surface area contributed by atoms with E-state index in [2.05, 4.69) is 78.2 Å². The zero-order valence-electron chi connectivity index (χ0n) is 76.9. The molecule has 0 unspecified atom stereocenters. The van der Waals surface area contributed by atoms with Gasteiger partial charge in [-0.1, -0.05) is 50.6 Å². The molecule has 0 atom stereocenters. The molecule has 0 spiro atoms. The number of phenolic OH excluding ortho intramolecular Hbond substituents is 4. The molecular weight excluding hydrogens is 1820 g/mol. The fourth-order valence-corrected chi connectivity index (χ4v) is 17.2. The van der Waals surface area contributed by atoms with E-state index in [-0.39, 0.29) is 110 Å². The van der Waals surface area contributed by atoms with Crippen LogP contribution in [0.2, 0.25) is 0 Å². The maximum absolute atomic E-state index is 14.8. The zero-order chi connectivity index (χ0) is 100. The third kappa shape index (κ3) is 19.8. The molecule has 0 aliphatic carbocycles. The lowest BCUT2D eigenvalue weighted by atomic mass is 10.1. The number of rotatable bonds is 17. The van der Waals surface area contributed by atoms with Crippen molar-refractivity contribution in [2.24, 2.45) is 12.8 Å². The van der Waals surface area contributed by atoms with Gasteiger partial charge in [0.2, 0.25) is 35.3 Å². The fourth-order valence-electron chi connectivity index (χ4n) is 17.2. The maximum atomic E-state index is 14.8. The van der Waals surface area contributed by atoms with Crippen molar-refractivity contribution in [2.75, 3.05) is 144 Å². The molecule has 9 aromatic heterocycles. The summed E-state index contributed by atoms with van der Waals surface area (Å²) < 4.78 is 76.3. The molecule has 4 aromatic carbocycles. The number of ether oxygens (including phenoxy) is 2. The summed E-state index contributed by atoms with van der Waals surface area (Å²) in [5, 5.41) is 56.3. The number of piperidine rings is 1. The normalized spacial score (nSPS) is 14.7. The molecule has 5 fully saturated rings. The number of nitrogens with zero attached hydrogens (tertiary/aromatic N) is 24. The van der Waals surface area contributed by atoms with Crippen molar-refractivity contribution >= 4 is 96.4 Å². The predicted octanol–water partition coefficient (Wildman–Crippen LogP) is 7.04. The highest BCUT2D eigenvalue weighted by atomic mass is 19.1. The van der Waals surface area contributed by atoms with Gasteiger partial charge in [0.15, 0.2) is 29.0 Å². The van der Waals surface area contributed by atoms with E-state index in [1.807, 2.05) is 25.7 Å². The predicted molar refractivity (Wildman–Crippen MR) is 510 cm³/mol. The highest BCUT2D eigenvalue weighted by molar-refractivity contribution is 5.98. The number of halogens is 4. The van der Waals surface area contributed by atoms with E-state index in [0.717, 1.165) is 62.4 Å². The topological polar surface area (TPSA) is 473 Å². The van der Waals surface area contributed by atoms with Crippen LogP contribution in [0.1, 0.15) is 52.1 Å². The first-order valence-corrected chi connectivity index (χ1v) is 44.2. The van der Waals surface area contributed by atoms with Gasteiger partial charge >= 0.3 is 12.0 Å². The number of aryl methyl sites for hydroxylation is 5. The number of para-hydroxylation sites is 4. The second-order valence-corrected chi connectivity index (χ2v) is 33.2. The third-order valence-corrected chi connectivity index (χ3v) is 24.3. The summed E-state index contributed by atoms with van der Waals surface area (Å²) >= 11 is 0. The number of phenols is 4. The van der Waals surface area contributed by atoms with Crippen LogP contribution in [-0.4, -0.2) is 273 Å². The van der Waals surface area contributed by atoms with E-state index in [0.29, 0.717) is 178 Å². The van der Waals surface area contributed by atoms with Gasteiger partial charge in [0.25, 0.3) is 28.1 Å². The molecule has 13 aromatic rings. The Labute approximate surface area is 794 Å². The highest BCUT2D eigenvalue weighted by Crippen LogP contribution is 2.37. The van der Waals surface area contributed by atoms with Crippen molar-refractivity contribution in [3.8, 4) is 69.6 Å². The summed E-state index contributed by atoms with van der Waals surface area (Å²) in [6.07, 6.45) is 9.69. The lowest BCUT2D eigenvalue weighted by Crippen LogP contribution is -2.48. The number of primary amides is 1. The van der Waals surface area contributed by atoms with Gasteiger partial charge in [-0.05, 0) is 145 Å². The van der Waals surface area contributed by atoms with E-state index >= 15 is 0 Å². The Balaban J connectivity index is 0.000000142. The number of aromatic nitrogens is 14. The first-order valence-electron chi connectivity index (χ1n) is 44.2. The Morgan fingerprint density at radius 3 is 1.02 bits per heavy atom. The quantitative estimate of drug-likeness (QED) is 0.0450. The Morgan fingerprint density at radius 2 is 0.721 bits per heavy atom. The second-order valence-electron chi connectivity index (χ2n) is 33.2. The van der Waals surface area contributed by atoms with Crippen LogP contribution in [0, 0.1) is 62.3 Å². The largest absolute Gasteiger partial charge is 0.506 e. The van der Waals surface area contributed by atoms with Crippen molar-refractivity contribution in [3.63, 3.8) is 0 Å². The first kappa shape index (κ1) is 97.3. The smallest absolute Gasteiger partial charge is 0.324 e. The molecule has 0 bridgehead atoms. The number of hydrogen-bond donors (Lipinski definition) is 5. The van der Waals surface area contributed by atoms with Gasteiger partial charge in [0, 0.05) is 148 Å². The molecule has 14 heterocycles. The van der Waals surface area contributed by atoms with Crippen molar-refractivity contribution in [2.45, 2.75) is 46.6 Å². The Bertz CT molecular complexity index is 7410. The summed E-state index contributed by atoms with van der Waals surface area (Å²) in [5.74, 6) is -4.72. The first-order chi connectivity index (χ1) is 67.1. The van der Waals surface area contributed by atoms with E-state index in [1.165, 1.54) is 85.1 Å². The van der Waals surface area contributed by atoms with Crippen LogP contribution >= 0.6 is 0 Å². The third-order valence-electron chi connectivity index (χ3n) is 24.3. The van der Waals surface area contributed by atoms with Crippen LogP contribution in [0.3, 0.4) is 0 Å². The number of pyridine rings is 4. The molecule has 6 N–H and O–H groups in total. The van der Waals surface area contributed by atoms with Crippen LogP contribution in [0.4, 0.5) is 40.8 Å². The number of benzene rings is 4. The minimum Gasteiger partial charge on any atom is -0.506 e. The maximum Gasteiger partial charge on any atom is 0.324 e. The molecular formula is C96H95F4N25O15. The fraction of sp³-hybridized carbons (Fsp3) is 0.281. The molecule has 722 valence electrons. The van der Waals surface area contributed by atoms with Gasteiger partial charge in [-0.3, -0.25) is 66.1 Å². The molecule has 5 saturated heterocycles. The van der Waals surface area contributed by atoms with E-state index in [9.17, 15) is 86.4 Å². The van der Waals surface area contributed by atoms with Crippen LogP contribution in [-0.2, 0) is 26.2 Å². The Kier molecular flexibility index (Phi) is 28.6. The molecule has 5 aliphatic heterocycles. The number of nitriles is 1. The van der Waals surface area contributed by atoms with Gasteiger partial charge in [0.1, 0.15) is 103 Å². The van der Waals surface area contributed by atoms with Crippen molar-refractivity contribution in [1.82, 2.24) is 92.4 Å². The number of aromatic hydroxyl groups is 4. The number of likely N-dealkylation sites (tertiary alicyclic amines) is 1. The van der Waals surface area contributed by atoms with Gasteiger partial charge in [-0.2, -0.15) is 30.3 Å². The van der Waals surface area contributed by atoms with Gasteiger partial charge in [-0.25, -0.2) is 37.5 Å². The lowest BCUT2D eigenvalue weighted by Gasteiger charge is -2.35. The van der Waals surface area contributed by atoms with Crippen molar-refractivity contribution < 1.29 is 71.4 Å². The van der Waals surface area contributed by atoms with Gasteiger partial charge in [0.05, 0.1) is 33.9 Å². The molecule has 5 aliphatic rings. The highest BCUT2D eigenvalue weighted by Gasteiger charge is 2.34. The lowest BCUT2D eigenvalue weighted by molar-refractivity contribution is -0.127. The summed E-state index contributed by atoms with van der Waals surface area (Å²) in [6.45, 7) is 29.4. The van der Waals surface area contributed by atoms with Crippen molar-refractivity contribution in [1.29, 1.82) is 5.26 Å². The van der Waals surface area contributed by atoms with Crippen LogP contribution < -0.4 is 57.0 Å². The monoisotopic (exact) mass is 1910 g/mol. The average Bonchev–Trinajstić information content (AvgIpc) is 0.980. The molecule has 44 heteroatoms. The Hall–Kier alpha value is -17.3. The molecule has 40 nitrogen and oxygen atoms in total. The van der Waals surface area contributed by atoms with Crippen LogP contribution in [0.25, 0.3) is 66.4 Å². The van der Waals surface area contributed by atoms with Gasteiger partial charge < -0.3 is 79.7 Å². The average molecular weight is 1910 g/mol. The molecule has 0 radical (unpaired) electrons. The number of hydrogen-bond acceptors (Lipinski definition) is 30. The summed E-state index contributed by atoms with van der Waals surface area (Å²) in [5.41, 5.74) is 2.97.